The van der Waals surface area contributed by atoms with Crippen molar-refractivity contribution in [1.29, 1.82) is 0 Å². The van der Waals surface area contributed by atoms with Crippen LogP contribution in [-0.2, 0) is 25.7 Å². The summed E-state index contributed by atoms with van der Waals surface area (Å²) in [7, 11) is 0. The number of aromatic nitrogens is 2. The Balaban J connectivity index is 1.50. The van der Waals surface area contributed by atoms with Crippen molar-refractivity contribution in [2.45, 2.75) is 30.8 Å². The quantitative estimate of drug-likeness (QED) is 0.471. The smallest absolute Gasteiger partial charge is 0.301 e. The molecule has 1 aliphatic rings. The minimum atomic E-state index is -4.35. The summed E-state index contributed by atoms with van der Waals surface area (Å²) in [5.41, 5.74) is 1.37. The van der Waals surface area contributed by atoms with Gasteiger partial charge in [0.15, 0.2) is 5.16 Å². The lowest BCUT2D eigenvalue weighted by atomic mass is 10.1. The van der Waals surface area contributed by atoms with E-state index in [4.69, 9.17) is 0 Å². The number of hydrogen-bond donors (Lipinski definition) is 1. The molecule has 0 amide bonds. The normalized spacial score (nSPS) is 14.8. The summed E-state index contributed by atoms with van der Waals surface area (Å²) in [5.74, 6) is 0. The van der Waals surface area contributed by atoms with Gasteiger partial charge in [0, 0.05) is 35.8 Å². The first kappa shape index (κ1) is 20.2. The van der Waals surface area contributed by atoms with Crippen molar-refractivity contribution >= 4 is 23.1 Å². The van der Waals surface area contributed by atoms with Crippen LogP contribution in [0.4, 0.5) is 13.2 Å². The maximum atomic E-state index is 13.0. The fourth-order valence-electron chi connectivity index (χ4n) is 3.38. The number of thioether (sulfide) groups is 1. The van der Waals surface area contributed by atoms with Crippen molar-refractivity contribution < 1.29 is 13.2 Å². The predicted molar refractivity (Wildman–Crippen MR) is 109 cm³/mol. The van der Waals surface area contributed by atoms with Gasteiger partial charge < -0.3 is 4.98 Å². The van der Waals surface area contributed by atoms with Crippen molar-refractivity contribution in [3.63, 3.8) is 0 Å². The van der Waals surface area contributed by atoms with Crippen LogP contribution < -0.4 is 5.56 Å². The first-order valence-electron chi connectivity index (χ1n) is 8.98. The number of benzene rings is 1. The molecule has 2 aromatic heterocycles. The molecular formula is C20H18F3N3OS2. The molecule has 0 unspecified atom stereocenters. The Morgan fingerprint density at radius 1 is 1.28 bits per heavy atom. The number of halogens is 3. The lowest BCUT2D eigenvalue weighted by Gasteiger charge is -2.27. The Morgan fingerprint density at radius 3 is 2.86 bits per heavy atom. The van der Waals surface area contributed by atoms with Gasteiger partial charge in [-0.25, -0.2) is 4.98 Å². The molecule has 1 N–H and O–H groups in total. The number of aromatic amines is 1. The number of rotatable bonds is 4. The van der Waals surface area contributed by atoms with Crippen LogP contribution in [0.25, 0.3) is 10.4 Å². The second kappa shape index (κ2) is 7.97. The highest BCUT2D eigenvalue weighted by molar-refractivity contribution is 7.98. The van der Waals surface area contributed by atoms with E-state index in [2.05, 4.69) is 14.9 Å². The first-order valence-corrected chi connectivity index (χ1v) is 11.0. The third-order valence-corrected chi connectivity index (χ3v) is 6.53. The highest BCUT2D eigenvalue weighted by atomic mass is 32.2. The molecule has 0 atom stereocenters. The highest BCUT2D eigenvalue weighted by Crippen LogP contribution is 2.35. The van der Waals surface area contributed by atoms with E-state index in [0.717, 1.165) is 28.1 Å². The van der Waals surface area contributed by atoms with Crippen LogP contribution in [0.2, 0.25) is 0 Å². The molecule has 0 bridgehead atoms. The summed E-state index contributed by atoms with van der Waals surface area (Å²) in [4.78, 5) is 23.6. The van der Waals surface area contributed by atoms with Crippen LogP contribution >= 0.6 is 23.1 Å². The lowest BCUT2D eigenvalue weighted by molar-refractivity contribution is -0.137. The number of hydrogen-bond acceptors (Lipinski definition) is 5. The molecule has 0 saturated heterocycles. The van der Waals surface area contributed by atoms with E-state index in [9.17, 15) is 18.0 Å². The monoisotopic (exact) mass is 437 g/mol. The van der Waals surface area contributed by atoms with E-state index in [1.165, 1.54) is 35.2 Å². The third-order valence-electron chi connectivity index (χ3n) is 4.83. The van der Waals surface area contributed by atoms with Crippen molar-refractivity contribution in [1.82, 2.24) is 14.9 Å². The van der Waals surface area contributed by atoms with Crippen LogP contribution in [0, 0.1) is 0 Å². The van der Waals surface area contributed by atoms with Gasteiger partial charge in [-0.15, -0.1) is 11.3 Å². The highest BCUT2D eigenvalue weighted by Gasteiger charge is 2.30. The Hall–Kier alpha value is -2.10. The van der Waals surface area contributed by atoms with E-state index in [0.29, 0.717) is 35.8 Å². The Bertz CT molecular complexity index is 1090. The van der Waals surface area contributed by atoms with Gasteiger partial charge in [-0.3, -0.25) is 9.69 Å². The minimum Gasteiger partial charge on any atom is -0.301 e. The van der Waals surface area contributed by atoms with Gasteiger partial charge >= 0.3 is 6.18 Å². The summed E-state index contributed by atoms with van der Waals surface area (Å²) in [6, 6.07) is 9.18. The minimum absolute atomic E-state index is 0.0973. The summed E-state index contributed by atoms with van der Waals surface area (Å²) in [6.07, 6.45) is -1.77. The molecule has 0 spiro atoms. The number of nitrogens with zero attached hydrogens (tertiary/aromatic N) is 2. The van der Waals surface area contributed by atoms with E-state index >= 15 is 0 Å². The van der Waals surface area contributed by atoms with Crippen molar-refractivity contribution in [2.24, 2.45) is 0 Å². The molecule has 0 radical (unpaired) electrons. The summed E-state index contributed by atoms with van der Waals surface area (Å²) >= 11 is 2.89. The average molecular weight is 438 g/mol. The van der Waals surface area contributed by atoms with E-state index in [1.54, 1.807) is 6.07 Å². The lowest BCUT2D eigenvalue weighted by Crippen LogP contribution is -2.35. The SMILES string of the molecule is CSc1nc2c(c(=O)[nH]1)CN(Cc1ccc(-c3cccc(C(F)(F)F)c3)s1)CC2. The maximum absolute atomic E-state index is 13.0. The molecule has 29 heavy (non-hydrogen) atoms. The van der Waals surface area contributed by atoms with E-state index < -0.39 is 11.7 Å². The van der Waals surface area contributed by atoms with Gasteiger partial charge in [0.25, 0.3) is 5.56 Å². The molecule has 1 aromatic carbocycles. The van der Waals surface area contributed by atoms with Crippen LogP contribution in [0.5, 0.6) is 0 Å². The fourth-order valence-corrected chi connectivity index (χ4v) is 4.82. The molecule has 3 aromatic rings. The molecule has 4 nitrogen and oxygen atoms in total. The fraction of sp³-hybridized carbons (Fsp3) is 0.300. The molecule has 0 fully saturated rings. The van der Waals surface area contributed by atoms with Gasteiger partial charge in [-0.1, -0.05) is 23.9 Å². The molecule has 0 aliphatic carbocycles. The van der Waals surface area contributed by atoms with E-state index in [1.807, 2.05) is 18.4 Å². The molecule has 9 heteroatoms. The van der Waals surface area contributed by atoms with Gasteiger partial charge in [0.2, 0.25) is 0 Å². The third kappa shape index (κ3) is 4.41. The number of fused-ring (bicyclic) bond motifs is 1. The number of alkyl halides is 3. The summed E-state index contributed by atoms with van der Waals surface area (Å²) in [5, 5.41) is 0.631. The van der Waals surface area contributed by atoms with Gasteiger partial charge in [-0.05, 0) is 36.1 Å². The first-order chi connectivity index (χ1) is 13.8. The number of nitrogens with one attached hydrogen (secondary N) is 1. The summed E-state index contributed by atoms with van der Waals surface area (Å²) in [6.45, 7) is 1.95. The zero-order valence-electron chi connectivity index (χ0n) is 15.5. The molecule has 0 saturated carbocycles. The van der Waals surface area contributed by atoms with Gasteiger partial charge in [0.05, 0.1) is 16.8 Å². The number of H-pyrrole nitrogens is 1. The molecule has 4 rings (SSSR count). The predicted octanol–water partition coefficient (Wildman–Crippen LogP) is 4.80. The Labute approximate surface area is 173 Å². The maximum Gasteiger partial charge on any atom is 0.416 e. The van der Waals surface area contributed by atoms with Crippen LogP contribution in [-0.4, -0.2) is 27.7 Å². The largest absolute Gasteiger partial charge is 0.416 e. The summed E-state index contributed by atoms with van der Waals surface area (Å²) < 4.78 is 38.9. The Morgan fingerprint density at radius 2 is 2.10 bits per heavy atom. The van der Waals surface area contributed by atoms with Crippen LogP contribution in [0.15, 0.2) is 46.3 Å². The Kier molecular flexibility index (Phi) is 5.54. The topological polar surface area (TPSA) is 49.0 Å². The van der Waals surface area contributed by atoms with E-state index in [-0.39, 0.29) is 5.56 Å². The van der Waals surface area contributed by atoms with Crippen LogP contribution in [0.3, 0.4) is 0 Å². The second-order valence-electron chi connectivity index (χ2n) is 6.81. The molecule has 1 aliphatic heterocycles. The molecule has 3 heterocycles. The standard InChI is InChI=1S/C20H18F3N3OS2/c1-28-19-24-16-7-8-26(11-15(16)18(27)25-19)10-14-5-6-17(29-14)12-3-2-4-13(9-12)20(21,22)23/h2-6,9H,7-8,10-11H2,1H3,(H,24,25,27). The zero-order chi connectivity index (χ0) is 20.6. The van der Waals surface area contributed by atoms with Crippen molar-refractivity contribution in [3.05, 3.63) is 68.4 Å². The van der Waals surface area contributed by atoms with Crippen LogP contribution in [0.1, 0.15) is 21.7 Å². The average Bonchev–Trinajstić information content (AvgIpc) is 3.16. The van der Waals surface area contributed by atoms with Gasteiger partial charge in [-0.2, -0.15) is 13.2 Å². The second-order valence-corrected chi connectivity index (χ2v) is 8.77. The molecular weight excluding hydrogens is 419 g/mol. The van der Waals surface area contributed by atoms with Gasteiger partial charge in [0.1, 0.15) is 0 Å². The zero-order valence-corrected chi connectivity index (χ0v) is 17.2. The molecule has 152 valence electrons. The van der Waals surface area contributed by atoms with Crippen molar-refractivity contribution in [3.8, 4) is 10.4 Å². The number of thiophene rings is 1. The van der Waals surface area contributed by atoms with Crippen molar-refractivity contribution in [2.75, 3.05) is 12.8 Å².